The van der Waals surface area contributed by atoms with Crippen LogP contribution in [0.3, 0.4) is 0 Å². The second-order valence-electron chi connectivity index (χ2n) is 3.72. The van der Waals surface area contributed by atoms with Crippen LogP contribution in [-0.4, -0.2) is 15.8 Å². The molecule has 4 nitrogen and oxygen atoms in total. The number of carbonyl (C=O) groups is 1. The molecule has 0 amide bonds. The number of aromatic amines is 1. The number of H-pyrrole nitrogens is 1. The largest absolute Gasteiger partial charge is 0.313 e. The molecule has 0 spiro atoms. The van der Waals surface area contributed by atoms with Gasteiger partial charge in [-0.1, -0.05) is 13.8 Å². The third-order valence-electron chi connectivity index (χ3n) is 1.82. The summed E-state index contributed by atoms with van der Waals surface area (Å²) in [4.78, 5) is 28.8. The van der Waals surface area contributed by atoms with E-state index in [1.807, 2.05) is 13.8 Å². The summed E-state index contributed by atoms with van der Waals surface area (Å²) in [5.74, 6) is 0.414. The molecular weight excluding hydrogens is 180 g/mol. The first-order valence-electron chi connectivity index (χ1n) is 4.63. The van der Waals surface area contributed by atoms with Crippen LogP contribution >= 0.6 is 0 Å². The Morgan fingerprint density at radius 1 is 1.57 bits per heavy atom. The highest BCUT2D eigenvalue weighted by Crippen LogP contribution is 2.03. The van der Waals surface area contributed by atoms with Crippen molar-refractivity contribution in [1.82, 2.24) is 9.97 Å². The molecule has 1 aromatic heterocycles. The van der Waals surface area contributed by atoms with E-state index in [1.165, 1.54) is 12.5 Å². The Balaban J connectivity index is 2.65. The molecule has 0 aliphatic carbocycles. The Morgan fingerprint density at radius 3 is 2.86 bits per heavy atom. The van der Waals surface area contributed by atoms with Gasteiger partial charge in [-0.15, -0.1) is 0 Å². The zero-order valence-corrected chi connectivity index (χ0v) is 8.41. The minimum absolute atomic E-state index is 0.0819. The van der Waals surface area contributed by atoms with Gasteiger partial charge in [0.25, 0.3) is 5.56 Å². The molecule has 0 bridgehead atoms. The van der Waals surface area contributed by atoms with Crippen LogP contribution in [0.2, 0.25) is 0 Å². The highest BCUT2D eigenvalue weighted by atomic mass is 16.1. The first-order valence-corrected chi connectivity index (χ1v) is 4.63. The average molecular weight is 194 g/mol. The van der Waals surface area contributed by atoms with Crippen molar-refractivity contribution in [2.75, 3.05) is 0 Å². The second kappa shape index (κ2) is 4.69. The average Bonchev–Trinajstić information content (AvgIpc) is 2.07. The Hall–Kier alpha value is -1.45. The van der Waals surface area contributed by atoms with Crippen LogP contribution in [0.4, 0.5) is 0 Å². The fourth-order valence-electron chi connectivity index (χ4n) is 1.24. The van der Waals surface area contributed by atoms with E-state index in [1.54, 1.807) is 0 Å². The van der Waals surface area contributed by atoms with Crippen molar-refractivity contribution in [2.45, 2.75) is 26.7 Å². The topological polar surface area (TPSA) is 62.8 Å². The monoisotopic (exact) mass is 194 g/mol. The Bertz CT molecular complexity index is 368. The summed E-state index contributed by atoms with van der Waals surface area (Å²) in [5.41, 5.74) is 0.218. The Morgan fingerprint density at radius 2 is 2.29 bits per heavy atom. The fourth-order valence-corrected chi connectivity index (χ4v) is 1.24. The molecule has 0 saturated heterocycles. The maximum atomic E-state index is 11.4. The molecule has 0 aromatic carbocycles. The van der Waals surface area contributed by atoms with Crippen LogP contribution in [0.5, 0.6) is 0 Å². The quantitative estimate of drug-likeness (QED) is 0.775. The summed E-state index contributed by atoms with van der Waals surface area (Å²) >= 11 is 0. The van der Waals surface area contributed by atoms with Crippen molar-refractivity contribution in [3.8, 4) is 0 Å². The number of hydrogen-bond acceptors (Lipinski definition) is 3. The van der Waals surface area contributed by atoms with Gasteiger partial charge in [-0.05, 0) is 5.92 Å². The number of rotatable bonds is 4. The molecule has 76 valence electrons. The van der Waals surface area contributed by atoms with Gasteiger partial charge < -0.3 is 4.98 Å². The molecule has 0 saturated carbocycles. The SMILES string of the molecule is CC(C)CC(=O)Cc1cnc[nH]c1=O. The van der Waals surface area contributed by atoms with Gasteiger partial charge >= 0.3 is 0 Å². The fraction of sp³-hybridized carbons (Fsp3) is 0.500. The van der Waals surface area contributed by atoms with Gasteiger partial charge in [-0.25, -0.2) is 4.98 Å². The summed E-state index contributed by atoms with van der Waals surface area (Å²) in [6.07, 6.45) is 3.45. The molecule has 1 N–H and O–H groups in total. The number of carbonyl (C=O) groups excluding carboxylic acids is 1. The van der Waals surface area contributed by atoms with Crippen LogP contribution in [-0.2, 0) is 11.2 Å². The highest BCUT2D eigenvalue weighted by Gasteiger charge is 2.08. The van der Waals surface area contributed by atoms with Crippen molar-refractivity contribution >= 4 is 5.78 Å². The smallest absolute Gasteiger partial charge is 0.254 e. The molecule has 1 heterocycles. The first kappa shape index (κ1) is 10.6. The van der Waals surface area contributed by atoms with Gasteiger partial charge in [-0.2, -0.15) is 0 Å². The normalized spacial score (nSPS) is 10.5. The summed E-state index contributed by atoms with van der Waals surface area (Å²) in [6.45, 7) is 3.96. The van der Waals surface area contributed by atoms with E-state index >= 15 is 0 Å². The molecule has 1 aromatic rings. The number of Topliss-reactive ketones (excluding diaryl/α,β-unsaturated/α-hetero) is 1. The van der Waals surface area contributed by atoms with Crippen LogP contribution in [0.15, 0.2) is 17.3 Å². The number of aromatic nitrogens is 2. The standard InChI is InChI=1S/C10H14N2O2/c1-7(2)3-9(13)4-8-5-11-6-12-10(8)14/h5-7H,3-4H2,1-2H3,(H,11,12,14). The number of nitrogens with zero attached hydrogens (tertiary/aromatic N) is 1. The molecule has 0 aliphatic rings. The molecule has 14 heavy (non-hydrogen) atoms. The zero-order valence-electron chi connectivity index (χ0n) is 8.41. The van der Waals surface area contributed by atoms with Crippen LogP contribution in [0.25, 0.3) is 0 Å². The number of ketones is 1. The number of nitrogens with one attached hydrogen (secondary N) is 1. The summed E-state index contributed by atoms with van der Waals surface area (Å²) in [5, 5.41) is 0. The van der Waals surface area contributed by atoms with Gasteiger partial charge in [0.05, 0.1) is 6.33 Å². The molecule has 0 atom stereocenters. The summed E-state index contributed by atoms with van der Waals surface area (Å²) in [7, 11) is 0. The van der Waals surface area contributed by atoms with E-state index in [9.17, 15) is 9.59 Å². The zero-order chi connectivity index (χ0) is 10.6. The molecule has 0 radical (unpaired) electrons. The van der Waals surface area contributed by atoms with E-state index in [0.29, 0.717) is 17.9 Å². The lowest BCUT2D eigenvalue weighted by molar-refractivity contribution is -0.119. The third-order valence-corrected chi connectivity index (χ3v) is 1.82. The molecular formula is C10H14N2O2. The van der Waals surface area contributed by atoms with E-state index in [-0.39, 0.29) is 17.8 Å². The predicted molar refractivity (Wildman–Crippen MR) is 53.0 cm³/mol. The maximum absolute atomic E-state index is 11.4. The van der Waals surface area contributed by atoms with Crippen LogP contribution < -0.4 is 5.56 Å². The number of hydrogen-bond donors (Lipinski definition) is 1. The highest BCUT2D eigenvalue weighted by molar-refractivity contribution is 5.80. The first-order chi connectivity index (χ1) is 6.59. The van der Waals surface area contributed by atoms with E-state index < -0.39 is 0 Å². The van der Waals surface area contributed by atoms with Crippen molar-refractivity contribution in [2.24, 2.45) is 5.92 Å². The molecule has 4 heteroatoms. The lowest BCUT2D eigenvalue weighted by Gasteiger charge is -2.02. The van der Waals surface area contributed by atoms with Crippen LogP contribution in [0.1, 0.15) is 25.8 Å². The Labute approximate surface area is 82.4 Å². The van der Waals surface area contributed by atoms with E-state index in [0.717, 1.165) is 0 Å². The molecule has 1 rings (SSSR count). The van der Waals surface area contributed by atoms with Crippen molar-refractivity contribution in [1.29, 1.82) is 0 Å². The molecule has 0 unspecified atom stereocenters. The lowest BCUT2D eigenvalue weighted by Crippen LogP contribution is -2.17. The maximum Gasteiger partial charge on any atom is 0.254 e. The van der Waals surface area contributed by atoms with E-state index in [4.69, 9.17) is 0 Å². The Kier molecular flexibility index (Phi) is 3.56. The summed E-state index contributed by atoms with van der Waals surface area (Å²) in [6, 6.07) is 0. The van der Waals surface area contributed by atoms with Gasteiger partial charge in [0, 0.05) is 24.6 Å². The van der Waals surface area contributed by atoms with Crippen molar-refractivity contribution in [3.05, 3.63) is 28.4 Å². The minimum Gasteiger partial charge on any atom is -0.313 e. The minimum atomic E-state index is -0.225. The van der Waals surface area contributed by atoms with Crippen molar-refractivity contribution in [3.63, 3.8) is 0 Å². The molecule has 0 aliphatic heterocycles. The van der Waals surface area contributed by atoms with E-state index in [2.05, 4.69) is 9.97 Å². The predicted octanol–water partition coefficient (Wildman–Crippen LogP) is 0.928. The lowest BCUT2D eigenvalue weighted by atomic mass is 10.0. The molecule has 0 fully saturated rings. The van der Waals surface area contributed by atoms with Gasteiger partial charge in [0.2, 0.25) is 0 Å². The summed E-state index contributed by atoms with van der Waals surface area (Å²) < 4.78 is 0. The third kappa shape index (κ3) is 3.12. The second-order valence-corrected chi connectivity index (χ2v) is 3.72. The van der Waals surface area contributed by atoms with Crippen molar-refractivity contribution < 1.29 is 4.79 Å². The van der Waals surface area contributed by atoms with Gasteiger partial charge in [0.15, 0.2) is 0 Å². The van der Waals surface area contributed by atoms with Gasteiger partial charge in [0.1, 0.15) is 5.78 Å². The van der Waals surface area contributed by atoms with Gasteiger partial charge in [-0.3, -0.25) is 9.59 Å². The van der Waals surface area contributed by atoms with Crippen LogP contribution in [0, 0.1) is 5.92 Å².